The molecule has 1 heterocycles. The van der Waals surface area contributed by atoms with Gasteiger partial charge in [-0.15, -0.1) is 0 Å². The van der Waals surface area contributed by atoms with Crippen molar-refractivity contribution < 1.29 is 19.7 Å². The Bertz CT molecular complexity index is 1020. The van der Waals surface area contributed by atoms with E-state index in [1.165, 1.54) is 7.11 Å². The number of imidazole rings is 1. The number of rotatable bonds is 6. The quantitative estimate of drug-likeness (QED) is 0.529. The van der Waals surface area contributed by atoms with E-state index in [0.717, 1.165) is 21.9 Å². The molecule has 3 aromatic rings. The summed E-state index contributed by atoms with van der Waals surface area (Å²) in [6.45, 7) is 0.637. The van der Waals surface area contributed by atoms with Crippen LogP contribution in [0.15, 0.2) is 47.2 Å². The molecule has 0 fully saturated rings. The molecule has 0 bridgehead atoms. The Balaban J connectivity index is 1.86. The van der Waals surface area contributed by atoms with Crippen molar-refractivity contribution in [3.8, 4) is 11.5 Å². The number of carbonyl (C=O) groups excluding carboxylic acids is 1. The number of benzene rings is 2. The van der Waals surface area contributed by atoms with Crippen molar-refractivity contribution in [3.05, 3.63) is 74.7 Å². The average molecular weight is 466 g/mol. The largest absolute Gasteiger partial charge is 0.507 e. The summed E-state index contributed by atoms with van der Waals surface area (Å²) in [4.78, 5) is 16.5. The van der Waals surface area contributed by atoms with E-state index in [0.29, 0.717) is 24.9 Å². The molecule has 0 spiro atoms. The molecule has 146 valence electrons. The van der Waals surface area contributed by atoms with Gasteiger partial charge < -0.3 is 19.5 Å². The van der Waals surface area contributed by atoms with Crippen molar-refractivity contribution in [1.82, 2.24) is 9.55 Å². The highest BCUT2D eigenvalue weighted by molar-refractivity contribution is 9.10. The molecule has 6 nitrogen and oxygen atoms in total. The van der Waals surface area contributed by atoms with Gasteiger partial charge in [0, 0.05) is 35.9 Å². The van der Waals surface area contributed by atoms with Gasteiger partial charge in [0.25, 0.3) is 0 Å². The van der Waals surface area contributed by atoms with E-state index >= 15 is 0 Å². The van der Waals surface area contributed by atoms with Gasteiger partial charge in [0.05, 0.1) is 12.1 Å². The summed E-state index contributed by atoms with van der Waals surface area (Å²) in [5.41, 5.74) is 1.38. The minimum Gasteiger partial charge on any atom is -0.507 e. The number of aryl methyl sites for hydroxylation is 1. The lowest BCUT2D eigenvalue weighted by Gasteiger charge is -2.14. The van der Waals surface area contributed by atoms with Crippen molar-refractivity contribution >= 4 is 33.5 Å². The molecule has 0 amide bonds. The molecule has 2 N–H and O–H groups in total. The standard InChI is InChI=1S/C20H18BrClN2O4/c1-28-20(27)18-14(19(22)16(26)10-15(18)25)5-6-17-23-7-8-24(17)11-12-3-2-4-13(21)9-12/h2-4,7-10,25-26H,5-6,11H2,1H3. The van der Waals surface area contributed by atoms with Crippen LogP contribution >= 0.6 is 27.5 Å². The third kappa shape index (κ3) is 4.31. The minimum absolute atomic E-state index is 0.0169. The van der Waals surface area contributed by atoms with Crippen molar-refractivity contribution in [1.29, 1.82) is 0 Å². The maximum atomic E-state index is 12.1. The predicted octanol–water partition coefficient (Wildman–Crippen LogP) is 4.33. The number of methoxy groups -OCH3 is 1. The van der Waals surface area contributed by atoms with Crippen LogP contribution < -0.4 is 0 Å². The van der Waals surface area contributed by atoms with Crippen molar-refractivity contribution in [3.63, 3.8) is 0 Å². The summed E-state index contributed by atoms with van der Waals surface area (Å²) in [6, 6.07) is 9.01. The summed E-state index contributed by atoms with van der Waals surface area (Å²) in [6.07, 6.45) is 4.32. The van der Waals surface area contributed by atoms with Crippen LogP contribution in [0.2, 0.25) is 5.02 Å². The van der Waals surface area contributed by atoms with E-state index in [9.17, 15) is 15.0 Å². The van der Waals surface area contributed by atoms with Gasteiger partial charge in [-0.1, -0.05) is 39.7 Å². The predicted molar refractivity (Wildman–Crippen MR) is 109 cm³/mol. The molecule has 0 saturated carbocycles. The Morgan fingerprint density at radius 3 is 2.75 bits per heavy atom. The average Bonchev–Trinajstić information content (AvgIpc) is 3.09. The highest BCUT2D eigenvalue weighted by atomic mass is 79.9. The Hall–Kier alpha value is -2.51. The number of aromatic nitrogens is 2. The molecule has 0 unspecified atom stereocenters. The molecule has 0 atom stereocenters. The molecule has 0 aliphatic carbocycles. The second-order valence-corrected chi connectivity index (χ2v) is 7.47. The zero-order chi connectivity index (χ0) is 20.3. The fraction of sp³-hybridized carbons (Fsp3) is 0.200. The van der Waals surface area contributed by atoms with Gasteiger partial charge >= 0.3 is 5.97 Å². The molecule has 0 radical (unpaired) electrons. The number of esters is 1. The number of ether oxygens (including phenoxy) is 1. The first-order chi connectivity index (χ1) is 13.4. The smallest absolute Gasteiger partial charge is 0.341 e. The van der Waals surface area contributed by atoms with Crippen LogP contribution in [0.1, 0.15) is 27.3 Å². The lowest BCUT2D eigenvalue weighted by Crippen LogP contribution is -2.10. The van der Waals surface area contributed by atoms with Crippen LogP contribution in [0, 0.1) is 0 Å². The van der Waals surface area contributed by atoms with Gasteiger partial charge in [-0.2, -0.15) is 0 Å². The van der Waals surface area contributed by atoms with E-state index < -0.39 is 5.97 Å². The maximum absolute atomic E-state index is 12.1. The van der Waals surface area contributed by atoms with E-state index in [1.54, 1.807) is 6.20 Å². The monoisotopic (exact) mass is 464 g/mol. The highest BCUT2D eigenvalue weighted by Gasteiger charge is 2.23. The van der Waals surface area contributed by atoms with Gasteiger partial charge in [-0.25, -0.2) is 9.78 Å². The Morgan fingerprint density at radius 1 is 1.25 bits per heavy atom. The summed E-state index contributed by atoms with van der Waals surface area (Å²) >= 11 is 9.66. The molecule has 0 aliphatic heterocycles. The Morgan fingerprint density at radius 2 is 2.04 bits per heavy atom. The van der Waals surface area contributed by atoms with Gasteiger partial charge in [0.2, 0.25) is 0 Å². The number of hydrogen-bond donors (Lipinski definition) is 2. The van der Waals surface area contributed by atoms with Crippen LogP contribution in [-0.4, -0.2) is 32.8 Å². The van der Waals surface area contributed by atoms with Crippen LogP contribution in [0.25, 0.3) is 0 Å². The van der Waals surface area contributed by atoms with Crippen molar-refractivity contribution in [2.45, 2.75) is 19.4 Å². The zero-order valence-electron chi connectivity index (χ0n) is 15.0. The SMILES string of the molecule is COC(=O)c1c(O)cc(O)c(Cl)c1CCc1nccn1Cc1cccc(Br)c1. The minimum atomic E-state index is -0.716. The maximum Gasteiger partial charge on any atom is 0.341 e. The summed E-state index contributed by atoms with van der Waals surface area (Å²) in [7, 11) is 1.22. The van der Waals surface area contributed by atoms with E-state index in [4.69, 9.17) is 16.3 Å². The lowest BCUT2D eigenvalue weighted by atomic mass is 10.0. The number of halogens is 2. The lowest BCUT2D eigenvalue weighted by molar-refractivity contribution is 0.0596. The van der Waals surface area contributed by atoms with Gasteiger partial charge in [-0.05, 0) is 29.7 Å². The first kappa shape index (κ1) is 20.2. The topological polar surface area (TPSA) is 84.6 Å². The van der Waals surface area contributed by atoms with Crippen LogP contribution in [0.5, 0.6) is 11.5 Å². The van der Waals surface area contributed by atoms with E-state index in [2.05, 4.69) is 20.9 Å². The highest BCUT2D eigenvalue weighted by Crippen LogP contribution is 2.37. The van der Waals surface area contributed by atoms with Gasteiger partial charge in [0.15, 0.2) is 0 Å². The number of hydrogen-bond acceptors (Lipinski definition) is 5. The molecular weight excluding hydrogens is 448 g/mol. The molecule has 0 aliphatic rings. The second-order valence-electron chi connectivity index (χ2n) is 6.18. The van der Waals surface area contributed by atoms with E-state index in [-0.39, 0.29) is 22.1 Å². The fourth-order valence-electron chi connectivity index (χ4n) is 3.03. The third-order valence-corrected chi connectivity index (χ3v) is 5.27. The Kier molecular flexibility index (Phi) is 6.26. The summed E-state index contributed by atoms with van der Waals surface area (Å²) in [5.74, 6) is -0.595. The van der Waals surface area contributed by atoms with Crippen LogP contribution in [0.3, 0.4) is 0 Å². The van der Waals surface area contributed by atoms with Crippen molar-refractivity contribution in [2.24, 2.45) is 0 Å². The van der Waals surface area contributed by atoms with Gasteiger partial charge in [0.1, 0.15) is 22.9 Å². The number of carbonyl (C=O) groups is 1. The number of nitrogens with zero attached hydrogens (tertiary/aromatic N) is 2. The zero-order valence-corrected chi connectivity index (χ0v) is 17.4. The first-order valence-electron chi connectivity index (χ1n) is 8.46. The van der Waals surface area contributed by atoms with Crippen LogP contribution in [0.4, 0.5) is 0 Å². The number of aromatic hydroxyl groups is 2. The third-order valence-electron chi connectivity index (χ3n) is 4.35. The molecule has 0 saturated heterocycles. The number of phenolic OH excluding ortho intramolecular Hbond substituents is 2. The molecule has 8 heteroatoms. The fourth-order valence-corrected chi connectivity index (χ4v) is 3.72. The second kappa shape index (κ2) is 8.67. The van der Waals surface area contributed by atoms with Crippen LogP contribution in [-0.2, 0) is 24.1 Å². The normalized spacial score (nSPS) is 10.8. The molecule has 3 rings (SSSR count). The summed E-state index contributed by atoms with van der Waals surface area (Å²) in [5, 5.41) is 20.0. The molecule has 1 aromatic heterocycles. The van der Waals surface area contributed by atoms with Crippen molar-refractivity contribution in [2.75, 3.05) is 7.11 Å². The molecule has 2 aromatic carbocycles. The molecular formula is C20H18BrClN2O4. The molecule has 28 heavy (non-hydrogen) atoms. The Labute approximate surface area is 175 Å². The number of phenols is 2. The summed E-state index contributed by atoms with van der Waals surface area (Å²) < 4.78 is 7.73. The van der Waals surface area contributed by atoms with E-state index in [1.807, 2.05) is 35.0 Å². The first-order valence-corrected chi connectivity index (χ1v) is 9.64. The van der Waals surface area contributed by atoms with Gasteiger partial charge in [-0.3, -0.25) is 0 Å².